The van der Waals surface area contributed by atoms with Crippen molar-refractivity contribution in [1.82, 2.24) is 19.9 Å². The first-order valence-electron chi connectivity index (χ1n) is 9.94. The second-order valence-electron chi connectivity index (χ2n) is 7.84. The Morgan fingerprint density at radius 2 is 1.82 bits per heavy atom. The van der Waals surface area contributed by atoms with Gasteiger partial charge in [0.25, 0.3) is 5.92 Å². The lowest BCUT2D eigenvalue weighted by molar-refractivity contribution is -0.0272. The Hall–Kier alpha value is -3.92. The Bertz CT molecular complexity index is 1390. The van der Waals surface area contributed by atoms with Gasteiger partial charge in [0, 0.05) is 18.0 Å². The largest absolute Gasteiger partial charge is 0.433 e. The fourth-order valence-electron chi connectivity index (χ4n) is 3.33. The quantitative estimate of drug-likeness (QED) is 0.557. The highest BCUT2D eigenvalue weighted by molar-refractivity contribution is 7.92. The number of hydrogen-bond donors (Lipinski definition) is 1. The zero-order chi connectivity index (χ0) is 24.7. The van der Waals surface area contributed by atoms with Gasteiger partial charge in [-0.15, -0.1) is 0 Å². The number of rotatable bonds is 6. The van der Waals surface area contributed by atoms with Crippen LogP contribution >= 0.6 is 0 Å². The van der Waals surface area contributed by atoms with E-state index in [1.807, 2.05) is 6.07 Å². The van der Waals surface area contributed by atoms with E-state index < -0.39 is 29.0 Å². The molecule has 4 rings (SSSR count). The normalized spacial score (nSPS) is 14.8. The lowest BCUT2D eigenvalue weighted by Gasteiger charge is -2.38. The van der Waals surface area contributed by atoms with E-state index in [4.69, 9.17) is 10.00 Å². The van der Waals surface area contributed by atoms with Gasteiger partial charge in [-0.1, -0.05) is 0 Å². The maximum Gasteiger partial charge on any atom is 0.282 e. The summed E-state index contributed by atoms with van der Waals surface area (Å²) in [5.74, 6) is -2.48. The molecule has 1 fully saturated rings. The highest BCUT2D eigenvalue weighted by Crippen LogP contribution is 2.36. The van der Waals surface area contributed by atoms with Gasteiger partial charge in [0.15, 0.2) is 5.75 Å². The number of hydrogen-bond acceptors (Lipinski definition) is 9. The molecule has 0 bridgehead atoms. The van der Waals surface area contributed by atoms with Crippen LogP contribution in [0.2, 0.25) is 0 Å². The first-order chi connectivity index (χ1) is 15.9. The minimum atomic E-state index is -3.66. The van der Waals surface area contributed by atoms with Gasteiger partial charge < -0.3 is 9.64 Å². The predicted molar refractivity (Wildman–Crippen MR) is 119 cm³/mol. The Balaban J connectivity index is 1.72. The molecule has 0 aromatic carbocycles. The van der Waals surface area contributed by atoms with E-state index in [1.165, 1.54) is 23.4 Å². The molecule has 34 heavy (non-hydrogen) atoms. The summed E-state index contributed by atoms with van der Waals surface area (Å²) in [5.41, 5.74) is 2.03. The molecule has 4 heterocycles. The van der Waals surface area contributed by atoms with Crippen molar-refractivity contribution in [2.24, 2.45) is 0 Å². The molecule has 3 aromatic rings. The third-order valence-corrected chi connectivity index (χ3v) is 5.43. The van der Waals surface area contributed by atoms with Gasteiger partial charge in [-0.25, -0.2) is 32.2 Å². The third-order valence-electron chi connectivity index (χ3n) is 4.84. The minimum absolute atomic E-state index is 0.0703. The number of aromatic nitrogens is 4. The van der Waals surface area contributed by atoms with Crippen LogP contribution in [0.3, 0.4) is 0 Å². The van der Waals surface area contributed by atoms with E-state index in [1.54, 1.807) is 26.0 Å². The van der Waals surface area contributed by atoms with Crippen LogP contribution in [-0.4, -0.2) is 53.6 Å². The summed E-state index contributed by atoms with van der Waals surface area (Å²) in [5, 5.41) is 9.13. The van der Waals surface area contributed by atoms with E-state index in [2.05, 4.69) is 24.7 Å². The second-order valence-corrected chi connectivity index (χ2v) is 9.58. The Kier molecular flexibility index (Phi) is 5.78. The lowest BCUT2D eigenvalue weighted by atomic mass is 10.1. The molecule has 1 aliphatic rings. The summed E-state index contributed by atoms with van der Waals surface area (Å²) in [6.45, 7) is 2.32. The van der Waals surface area contributed by atoms with Crippen LogP contribution in [0, 0.1) is 25.2 Å². The number of nitriles is 1. The Morgan fingerprint density at radius 3 is 2.41 bits per heavy atom. The van der Waals surface area contributed by atoms with E-state index in [9.17, 15) is 17.2 Å². The molecule has 10 nitrogen and oxygen atoms in total. The number of anilines is 2. The van der Waals surface area contributed by atoms with Crippen molar-refractivity contribution in [3.05, 3.63) is 47.5 Å². The molecule has 1 N–H and O–H groups in total. The smallest absolute Gasteiger partial charge is 0.282 e. The third kappa shape index (κ3) is 5.01. The van der Waals surface area contributed by atoms with Crippen LogP contribution in [0.1, 0.15) is 17.0 Å². The summed E-state index contributed by atoms with van der Waals surface area (Å²) in [6, 6.07) is 6.61. The Morgan fingerprint density at radius 1 is 1.15 bits per heavy atom. The van der Waals surface area contributed by atoms with Gasteiger partial charge in [-0.3, -0.25) is 9.71 Å². The van der Waals surface area contributed by atoms with Gasteiger partial charge >= 0.3 is 0 Å². The summed E-state index contributed by atoms with van der Waals surface area (Å²) in [4.78, 5) is 18.3. The maximum absolute atomic E-state index is 13.2. The minimum Gasteiger partial charge on any atom is -0.433 e. The number of halogens is 2. The standard InChI is InChI=1S/C21H19F2N7O3S/c1-12-18(13(2)27-20(26-12)30-10-21(22,23)11-30)33-19-17(29-34(3,31)32)5-4-16(28-19)15-6-14(7-24)8-25-9-15/h4-6,8-9,29H,10-11H2,1-3H3. The molecule has 0 spiro atoms. The summed E-state index contributed by atoms with van der Waals surface area (Å²) >= 11 is 0. The van der Waals surface area contributed by atoms with Crippen molar-refractivity contribution in [3.8, 4) is 29.0 Å². The molecule has 0 atom stereocenters. The van der Waals surface area contributed by atoms with Crippen LogP contribution in [0.15, 0.2) is 30.6 Å². The van der Waals surface area contributed by atoms with Crippen LogP contribution < -0.4 is 14.4 Å². The van der Waals surface area contributed by atoms with Crippen LogP contribution in [-0.2, 0) is 10.0 Å². The zero-order valence-electron chi connectivity index (χ0n) is 18.4. The van der Waals surface area contributed by atoms with Crippen LogP contribution in [0.5, 0.6) is 11.6 Å². The summed E-state index contributed by atoms with van der Waals surface area (Å²) < 4.78 is 58.5. The van der Waals surface area contributed by atoms with Gasteiger partial charge in [-0.05, 0) is 32.0 Å². The molecule has 0 saturated carbocycles. The molecule has 1 aliphatic heterocycles. The van der Waals surface area contributed by atoms with Gasteiger partial charge in [0.05, 0.1) is 42.0 Å². The fourth-order valence-corrected chi connectivity index (χ4v) is 3.88. The molecule has 176 valence electrons. The van der Waals surface area contributed by atoms with Gasteiger partial charge in [-0.2, -0.15) is 5.26 Å². The lowest BCUT2D eigenvalue weighted by Crippen LogP contribution is -2.57. The number of aryl methyl sites for hydroxylation is 2. The average molecular weight is 487 g/mol. The van der Waals surface area contributed by atoms with Crippen molar-refractivity contribution in [2.75, 3.05) is 29.0 Å². The molecule has 1 saturated heterocycles. The zero-order valence-corrected chi connectivity index (χ0v) is 19.2. The molecular formula is C21H19F2N7O3S. The van der Waals surface area contributed by atoms with Crippen LogP contribution in [0.4, 0.5) is 20.4 Å². The average Bonchev–Trinajstić information content (AvgIpc) is 2.74. The first kappa shape index (κ1) is 23.2. The summed E-state index contributed by atoms with van der Waals surface area (Å²) in [6.07, 6.45) is 3.90. The second kappa shape index (κ2) is 8.45. The van der Waals surface area contributed by atoms with Gasteiger partial charge in [0.1, 0.15) is 11.8 Å². The molecule has 13 heteroatoms. The van der Waals surface area contributed by atoms with Crippen molar-refractivity contribution in [2.45, 2.75) is 19.8 Å². The first-order valence-corrected chi connectivity index (χ1v) is 11.8. The number of alkyl halides is 2. The molecular weight excluding hydrogens is 468 g/mol. The van der Waals surface area contributed by atoms with Crippen molar-refractivity contribution in [3.63, 3.8) is 0 Å². The predicted octanol–water partition coefficient (Wildman–Crippen LogP) is 3.04. The molecule has 0 amide bonds. The molecule has 0 unspecified atom stereocenters. The SMILES string of the molecule is Cc1nc(N2CC(F)(F)C2)nc(C)c1Oc1nc(-c2cncc(C#N)c2)ccc1NS(C)(=O)=O. The molecule has 0 aliphatic carbocycles. The highest BCUT2D eigenvalue weighted by Gasteiger charge is 2.45. The van der Waals surface area contributed by atoms with Crippen molar-refractivity contribution >= 4 is 21.7 Å². The monoisotopic (exact) mass is 487 g/mol. The number of nitrogens with zero attached hydrogens (tertiary/aromatic N) is 6. The Labute approximate surface area is 194 Å². The number of sulfonamides is 1. The van der Waals surface area contributed by atoms with Crippen LogP contribution in [0.25, 0.3) is 11.3 Å². The van der Waals surface area contributed by atoms with Crippen molar-refractivity contribution in [1.29, 1.82) is 5.26 Å². The topological polar surface area (TPSA) is 134 Å². The molecule has 0 radical (unpaired) electrons. The maximum atomic E-state index is 13.2. The molecule has 3 aromatic heterocycles. The summed E-state index contributed by atoms with van der Waals surface area (Å²) in [7, 11) is -3.66. The number of nitrogens with one attached hydrogen (secondary N) is 1. The van der Waals surface area contributed by atoms with E-state index in [-0.39, 0.29) is 23.3 Å². The number of pyridine rings is 2. The number of ether oxygens (including phenoxy) is 1. The van der Waals surface area contributed by atoms with Crippen molar-refractivity contribution < 1.29 is 21.9 Å². The van der Waals surface area contributed by atoms with E-state index >= 15 is 0 Å². The van der Waals surface area contributed by atoms with E-state index in [0.29, 0.717) is 28.2 Å². The fraction of sp³-hybridized carbons (Fsp3) is 0.286. The van der Waals surface area contributed by atoms with Gasteiger partial charge in [0.2, 0.25) is 21.9 Å². The van der Waals surface area contributed by atoms with E-state index in [0.717, 1.165) is 6.26 Å². The highest BCUT2D eigenvalue weighted by atomic mass is 32.2.